The first-order valence-electron chi connectivity index (χ1n) is 5.32. The SMILES string of the molecule is Nc1ccc2c(c1)CN(c1ncc(F)cn1)C2. The molecule has 17 heavy (non-hydrogen) atoms. The minimum absolute atomic E-state index is 0.422. The molecule has 0 radical (unpaired) electrons. The Morgan fingerprint density at radius 3 is 2.59 bits per heavy atom. The van der Waals surface area contributed by atoms with E-state index in [2.05, 4.69) is 9.97 Å². The van der Waals surface area contributed by atoms with E-state index >= 15 is 0 Å². The van der Waals surface area contributed by atoms with E-state index in [1.807, 2.05) is 23.1 Å². The molecule has 2 heterocycles. The fraction of sp³-hybridized carbons (Fsp3) is 0.167. The first-order valence-corrected chi connectivity index (χ1v) is 5.32. The zero-order chi connectivity index (χ0) is 11.8. The largest absolute Gasteiger partial charge is 0.399 e. The maximum atomic E-state index is 12.7. The molecule has 1 aromatic heterocycles. The third kappa shape index (κ3) is 1.80. The van der Waals surface area contributed by atoms with Crippen LogP contribution in [0.1, 0.15) is 11.1 Å². The molecule has 1 aromatic carbocycles. The van der Waals surface area contributed by atoms with Gasteiger partial charge in [0.1, 0.15) is 0 Å². The summed E-state index contributed by atoms with van der Waals surface area (Å²) in [5.74, 6) is 0.121. The minimum Gasteiger partial charge on any atom is -0.399 e. The Hall–Kier alpha value is -2.17. The highest BCUT2D eigenvalue weighted by atomic mass is 19.1. The van der Waals surface area contributed by atoms with Crippen LogP contribution in [0.3, 0.4) is 0 Å². The average molecular weight is 230 g/mol. The maximum absolute atomic E-state index is 12.7. The quantitative estimate of drug-likeness (QED) is 0.758. The van der Waals surface area contributed by atoms with Crippen LogP contribution in [-0.4, -0.2) is 9.97 Å². The van der Waals surface area contributed by atoms with Crippen LogP contribution < -0.4 is 10.6 Å². The van der Waals surface area contributed by atoms with E-state index in [1.54, 1.807) is 0 Å². The molecule has 4 nitrogen and oxygen atoms in total. The van der Waals surface area contributed by atoms with Crippen molar-refractivity contribution in [2.75, 3.05) is 10.6 Å². The second-order valence-corrected chi connectivity index (χ2v) is 4.09. The predicted molar refractivity (Wildman–Crippen MR) is 62.7 cm³/mol. The van der Waals surface area contributed by atoms with Gasteiger partial charge in [-0.3, -0.25) is 0 Å². The van der Waals surface area contributed by atoms with Crippen molar-refractivity contribution in [3.05, 3.63) is 47.5 Å². The van der Waals surface area contributed by atoms with Crippen molar-refractivity contribution in [1.82, 2.24) is 9.97 Å². The average Bonchev–Trinajstić information content (AvgIpc) is 2.72. The van der Waals surface area contributed by atoms with Crippen molar-refractivity contribution >= 4 is 11.6 Å². The number of nitrogen functional groups attached to an aromatic ring is 1. The van der Waals surface area contributed by atoms with Gasteiger partial charge in [-0.2, -0.15) is 0 Å². The number of fused-ring (bicyclic) bond motifs is 1. The number of benzene rings is 1. The molecule has 0 amide bonds. The predicted octanol–water partition coefficient (Wildman–Crippen LogP) is 1.72. The third-order valence-electron chi connectivity index (χ3n) is 2.84. The van der Waals surface area contributed by atoms with Crippen molar-refractivity contribution in [1.29, 1.82) is 0 Å². The summed E-state index contributed by atoms with van der Waals surface area (Å²) in [4.78, 5) is 9.94. The van der Waals surface area contributed by atoms with Gasteiger partial charge >= 0.3 is 0 Å². The maximum Gasteiger partial charge on any atom is 0.226 e. The van der Waals surface area contributed by atoms with Crippen LogP contribution in [0.5, 0.6) is 0 Å². The molecule has 0 atom stereocenters. The first-order chi connectivity index (χ1) is 8.22. The first kappa shape index (κ1) is 10.0. The second kappa shape index (κ2) is 3.69. The lowest BCUT2D eigenvalue weighted by molar-refractivity contribution is 0.611. The zero-order valence-corrected chi connectivity index (χ0v) is 9.10. The Labute approximate surface area is 97.9 Å². The summed E-state index contributed by atoms with van der Waals surface area (Å²) in [7, 11) is 0. The standard InChI is InChI=1S/C12H11FN4/c13-10-4-15-12(16-5-10)17-6-8-1-2-11(14)3-9(8)7-17/h1-5H,6-7,14H2. The number of nitrogens with two attached hydrogens (primary N) is 1. The zero-order valence-electron chi connectivity index (χ0n) is 9.10. The molecule has 1 aliphatic heterocycles. The summed E-state index contributed by atoms with van der Waals surface area (Å²) >= 11 is 0. The highest BCUT2D eigenvalue weighted by Gasteiger charge is 2.20. The van der Waals surface area contributed by atoms with E-state index < -0.39 is 5.82 Å². The number of nitrogens with zero attached hydrogens (tertiary/aromatic N) is 3. The number of aromatic nitrogens is 2. The van der Waals surface area contributed by atoms with Gasteiger partial charge in [-0.15, -0.1) is 0 Å². The normalized spacial score (nSPS) is 13.8. The second-order valence-electron chi connectivity index (χ2n) is 4.09. The fourth-order valence-corrected chi connectivity index (χ4v) is 2.02. The molecular weight excluding hydrogens is 219 g/mol. The van der Waals surface area contributed by atoms with Crippen molar-refractivity contribution < 1.29 is 4.39 Å². The lowest BCUT2D eigenvalue weighted by Crippen LogP contribution is -2.17. The molecule has 5 heteroatoms. The van der Waals surface area contributed by atoms with Gasteiger partial charge in [-0.25, -0.2) is 14.4 Å². The van der Waals surface area contributed by atoms with Crippen molar-refractivity contribution in [2.24, 2.45) is 0 Å². The molecule has 86 valence electrons. The summed E-state index contributed by atoms with van der Waals surface area (Å²) in [6, 6.07) is 5.85. The fourth-order valence-electron chi connectivity index (χ4n) is 2.02. The molecule has 0 bridgehead atoms. The summed E-state index contributed by atoms with van der Waals surface area (Å²) in [5, 5.41) is 0. The molecule has 0 saturated carbocycles. The number of rotatable bonds is 1. The molecule has 0 aliphatic carbocycles. The molecule has 0 fully saturated rings. The van der Waals surface area contributed by atoms with Crippen molar-refractivity contribution in [3.63, 3.8) is 0 Å². The van der Waals surface area contributed by atoms with Gasteiger partial charge in [0.25, 0.3) is 0 Å². The van der Waals surface area contributed by atoms with Crippen LogP contribution in [0.4, 0.5) is 16.0 Å². The Balaban J connectivity index is 1.88. The van der Waals surface area contributed by atoms with E-state index in [4.69, 9.17) is 5.73 Å². The topological polar surface area (TPSA) is 55.0 Å². The Kier molecular flexibility index (Phi) is 2.18. The third-order valence-corrected chi connectivity index (χ3v) is 2.84. The number of halogens is 1. The van der Waals surface area contributed by atoms with Crippen LogP contribution in [0.25, 0.3) is 0 Å². The van der Waals surface area contributed by atoms with E-state index in [0.717, 1.165) is 12.2 Å². The van der Waals surface area contributed by atoms with E-state index in [9.17, 15) is 4.39 Å². The summed E-state index contributed by atoms with van der Waals surface area (Å²) in [5.41, 5.74) is 8.88. The molecule has 0 unspecified atom stereocenters. The molecule has 2 N–H and O–H groups in total. The molecule has 0 spiro atoms. The minimum atomic E-state index is -0.422. The van der Waals surface area contributed by atoms with Gasteiger partial charge in [-0.1, -0.05) is 6.07 Å². The Morgan fingerprint density at radius 1 is 1.12 bits per heavy atom. The van der Waals surface area contributed by atoms with Gasteiger partial charge in [0, 0.05) is 18.8 Å². The number of anilines is 2. The molecule has 3 rings (SSSR count). The monoisotopic (exact) mass is 230 g/mol. The van der Waals surface area contributed by atoms with Crippen LogP contribution in [0.2, 0.25) is 0 Å². The van der Waals surface area contributed by atoms with Gasteiger partial charge < -0.3 is 10.6 Å². The Bertz CT molecular complexity index is 553. The highest BCUT2D eigenvalue weighted by Crippen LogP contribution is 2.27. The molecular formula is C12H11FN4. The summed E-state index contributed by atoms with van der Waals surface area (Å²) in [6.45, 7) is 1.45. The molecule has 1 aliphatic rings. The smallest absolute Gasteiger partial charge is 0.226 e. The van der Waals surface area contributed by atoms with Gasteiger partial charge in [0.15, 0.2) is 5.82 Å². The number of hydrogen-bond acceptors (Lipinski definition) is 4. The van der Waals surface area contributed by atoms with Crippen molar-refractivity contribution in [3.8, 4) is 0 Å². The van der Waals surface area contributed by atoms with E-state index in [0.29, 0.717) is 12.5 Å². The summed E-state index contributed by atoms with van der Waals surface area (Å²) < 4.78 is 12.7. The lowest BCUT2D eigenvalue weighted by Gasteiger charge is -2.14. The lowest BCUT2D eigenvalue weighted by atomic mass is 10.1. The summed E-state index contributed by atoms with van der Waals surface area (Å²) in [6.07, 6.45) is 2.36. The Morgan fingerprint density at radius 2 is 1.82 bits per heavy atom. The van der Waals surface area contributed by atoms with Crippen LogP contribution >= 0.6 is 0 Å². The van der Waals surface area contributed by atoms with Crippen LogP contribution in [0, 0.1) is 5.82 Å². The van der Waals surface area contributed by atoms with E-state index in [-0.39, 0.29) is 0 Å². The number of hydrogen-bond donors (Lipinski definition) is 1. The highest BCUT2D eigenvalue weighted by molar-refractivity contribution is 5.50. The van der Waals surface area contributed by atoms with E-state index in [1.165, 1.54) is 23.5 Å². The molecule has 2 aromatic rings. The van der Waals surface area contributed by atoms with Gasteiger partial charge in [0.05, 0.1) is 12.4 Å². The van der Waals surface area contributed by atoms with Crippen LogP contribution in [-0.2, 0) is 13.1 Å². The van der Waals surface area contributed by atoms with Crippen molar-refractivity contribution in [2.45, 2.75) is 13.1 Å². The van der Waals surface area contributed by atoms with Gasteiger partial charge in [-0.05, 0) is 23.3 Å². The molecule has 0 saturated heterocycles. The van der Waals surface area contributed by atoms with Crippen LogP contribution in [0.15, 0.2) is 30.6 Å². The van der Waals surface area contributed by atoms with Gasteiger partial charge in [0.2, 0.25) is 5.95 Å².